The minimum absolute atomic E-state index is 0.0745. The average Bonchev–Trinajstić information content (AvgIpc) is 2.91. The van der Waals surface area contributed by atoms with Crippen molar-refractivity contribution in [3.63, 3.8) is 0 Å². The summed E-state index contributed by atoms with van der Waals surface area (Å²) in [6, 6.07) is 6.39. The molecule has 2 amide bonds. The van der Waals surface area contributed by atoms with Gasteiger partial charge < -0.3 is 14.8 Å². The normalized spacial score (nSPS) is 16.1. The summed E-state index contributed by atoms with van der Waals surface area (Å²) in [5.74, 6) is -2.22. The molecule has 0 bridgehead atoms. The molecule has 1 fully saturated rings. The Labute approximate surface area is 238 Å². The summed E-state index contributed by atoms with van der Waals surface area (Å²) in [4.78, 5) is 71.8. The lowest BCUT2D eigenvalue weighted by Gasteiger charge is -2.47. The summed E-state index contributed by atoms with van der Waals surface area (Å²) in [5, 5.41) is 1.92. The van der Waals surface area contributed by atoms with E-state index in [1.807, 2.05) is 19.1 Å². The van der Waals surface area contributed by atoms with Crippen molar-refractivity contribution in [2.45, 2.75) is 78.1 Å². The van der Waals surface area contributed by atoms with E-state index >= 15 is 0 Å². The number of hydrogen-bond acceptors (Lipinski definition) is 10. The highest BCUT2D eigenvalue weighted by molar-refractivity contribution is 8.00. The minimum Gasteiger partial charge on any atom is -0.484 e. The second-order valence-electron chi connectivity index (χ2n) is 9.65. The minimum atomic E-state index is -1.04. The van der Waals surface area contributed by atoms with Gasteiger partial charge in [0.15, 0.2) is 6.61 Å². The number of rotatable bonds is 14. The van der Waals surface area contributed by atoms with E-state index in [2.05, 4.69) is 28.9 Å². The van der Waals surface area contributed by atoms with Crippen molar-refractivity contribution in [3.8, 4) is 5.75 Å². The highest BCUT2D eigenvalue weighted by Crippen LogP contribution is 2.35. The summed E-state index contributed by atoms with van der Waals surface area (Å²) in [7, 11) is 0. The zero-order valence-corrected chi connectivity index (χ0v) is 24.6. The summed E-state index contributed by atoms with van der Waals surface area (Å²) >= 11 is 1.20. The fourth-order valence-corrected chi connectivity index (χ4v) is 4.92. The van der Waals surface area contributed by atoms with Crippen LogP contribution in [0.1, 0.15) is 72.3 Å². The summed E-state index contributed by atoms with van der Waals surface area (Å²) in [6.45, 7) is 10.4. The van der Waals surface area contributed by atoms with Gasteiger partial charge in [-0.25, -0.2) is 19.4 Å². The van der Waals surface area contributed by atoms with Crippen LogP contribution < -0.4 is 10.1 Å². The topological polar surface area (TPSA) is 138 Å². The fraction of sp³-hybridized carbons (Fsp3) is 0.536. The maximum absolute atomic E-state index is 13.2. The molecular formula is C28H38N2O9S. The SMILES string of the molecule is CCCCOC(=O)CCSC1C(NC(=O)COc2ccc(C(C)C)cc2)C(=O)N1C(C(=O)OOC(C)=O)=C(C)C. The van der Waals surface area contributed by atoms with Gasteiger partial charge in [-0.3, -0.25) is 19.3 Å². The van der Waals surface area contributed by atoms with Crippen molar-refractivity contribution < 1.29 is 43.2 Å². The molecule has 220 valence electrons. The number of carbonyl (C=O) groups is 5. The van der Waals surface area contributed by atoms with Gasteiger partial charge in [-0.05, 0) is 49.5 Å². The van der Waals surface area contributed by atoms with Gasteiger partial charge in [0.2, 0.25) is 0 Å². The first-order chi connectivity index (χ1) is 19.0. The molecule has 2 rings (SSSR count). The van der Waals surface area contributed by atoms with Gasteiger partial charge in [0.1, 0.15) is 22.9 Å². The monoisotopic (exact) mass is 578 g/mol. The molecular weight excluding hydrogens is 540 g/mol. The maximum Gasteiger partial charge on any atom is 0.402 e. The number of β-lactam (4-membered cyclic amide) rings is 1. The van der Waals surface area contributed by atoms with Crippen molar-refractivity contribution in [1.82, 2.24) is 10.2 Å². The van der Waals surface area contributed by atoms with Crippen molar-refractivity contribution >= 4 is 41.5 Å². The average molecular weight is 579 g/mol. The number of likely N-dealkylation sites (tertiary alicyclic amines) is 1. The van der Waals surface area contributed by atoms with Gasteiger partial charge in [-0.1, -0.05) is 39.3 Å². The molecule has 40 heavy (non-hydrogen) atoms. The molecule has 12 heteroatoms. The van der Waals surface area contributed by atoms with Crippen molar-refractivity contribution in [2.75, 3.05) is 19.0 Å². The molecule has 0 radical (unpaired) electrons. The number of hydrogen-bond donors (Lipinski definition) is 1. The Kier molecular flexibility index (Phi) is 13.0. The number of nitrogens with zero attached hydrogens (tertiary/aromatic N) is 1. The second-order valence-corrected chi connectivity index (χ2v) is 10.9. The van der Waals surface area contributed by atoms with Crippen LogP contribution in [0.2, 0.25) is 0 Å². The number of esters is 1. The highest BCUT2D eigenvalue weighted by Gasteiger charge is 2.52. The molecule has 11 nitrogen and oxygen atoms in total. The van der Waals surface area contributed by atoms with Crippen LogP contribution in [-0.4, -0.2) is 65.0 Å². The van der Waals surface area contributed by atoms with E-state index in [4.69, 9.17) is 9.47 Å². The molecule has 0 aromatic heterocycles. The summed E-state index contributed by atoms with van der Waals surface area (Å²) in [6.07, 6.45) is 1.73. The molecule has 1 heterocycles. The van der Waals surface area contributed by atoms with E-state index < -0.39 is 35.2 Å². The third kappa shape index (κ3) is 9.58. The lowest BCUT2D eigenvalue weighted by Crippen LogP contribution is -2.70. The Hall–Kier alpha value is -3.54. The van der Waals surface area contributed by atoms with Crippen LogP contribution >= 0.6 is 11.8 Å². The first-order valence-corrected chi connectivity index (χ1v) is 14.2. The van der Waals surface area contributed by atoms with Crippen molar-refractivity contribution in [3.05, 3.63) is 41.1 Å². The van der Waals surface area contributed by atoms with E-state index in [1.165, 1.54) is 16.7 Å². The number of amides is 2. The second kappa shape index (κ2) is 15.9. The lowest BCUT2D eigenvalue weighted by molar-refractivity contribution is -0.255. The van der Waals surface area contributed by atoms with Crippen LogP contribution in [0.5, 0.6) is 5.75 Å². The van der Waals surface area contributed by atoms with Gasteiger partial charge in [0.05, 0.1) is 13.0 Å². The summed E-state index contributed by atoms with van der Waals surface area (Å²) < 4.78 is 10.7. The Balaban J connectivity index is 2.10. The standard InChI is InChI=1S/C28H38N2O9S/c1-7-8-14-36-23(33)13-15-40-27-24(26(34)30(27)25(18(4)5)28(35)39-38-19(6)31)29-22(32)16-37-21-11-9-20(10-12-21)17(2)3/h9-12,17,24,27H,7-8,13-16H2,1-6H3,(H,29,32). The summed E-state index contributed by atoms with van der Waals surface area (Å²) in [5.41, 5.74) is 1.43. The van der Waals surface area contributed by atoms with Gasteiger partial charge in [-0.2, -0.15) is 0 Å². The molecule has 2 unspecified atom stereocenters. The maximum atomic E-state index is 13.2. The predicted molar refractivity (Wildman–Crippen MR) is 148 cm³/mol. The quantitative estimate of drug-likeness (QED) is 0.0870. The molecule has 1 aromatic rings. The van der Waals surface area contributed by atoms with Crippen LogP contribution in [0.15, 0.2) is 35.5 Å². The Morgan fingerprint density at radius 1 is 1.05 bits per heavy atom. The van der Waals surface area contributed by atoms with Crippen LogP contribution in [0.25, 0.3) is 0 Å². The van der Waals surface area contributed by atoms with Gasteiger partial charge in [0, 0.05) is 12.7 Å². The molecule has 0 aliphatic carbocycles. The first-order valence-electron chi connectivity index (χ1n) is 13.2. The van der Waals surface area contributed by atoms with Crippen LogP contribution in [0.3, 0.4) is 0 Å². The van der Waals surface area contributed by atoms with E-state index in [-0.39, 0.29) is 30.4 Å². The van der Waals surface area contributed by atoms with Gasteiger partial charge in [0.25, 0.3) is 11.8 Å². The van der Waals surface area contributed by atoms with Crippen LogP contribution in [-0.2, 0) is 38.5 Å². The Morgan fingerprint density at radius 2 is 1.73 bits per heavy atom. The highest BCUT2D eigenvalue weighted by atomic mass is 32.2. The van der Waals surface area contributed by atoms with E-state index in [0.717, 1.165) is 25.3 Å². The molecule has 1 aromatic carbocycles. The number of thioether (sulfide) groups is 1. The third-order valence-corrected chi connectivity index (χ3v) is 7.04. The van der Waals surface area contributed by atoms with E-state index in [1.54, 1.807) is 26.0 Å². The molecule has 0 saturated carbocycles. The number of allylic oxidation sites excluding steroid dienone is 1. The largest absolute Gasteiger partial charge is 0.484 e. The fourth-order valence-electron chi connectivity index (χ4n) is 3.66. The molecule has 2 atom stereocenters. The zero-order chi connectivity index (χ0) is 29.8. The van der Waals surface area contributed by atoms with Crippen LogP contribution in [0, 0.1) is 0 Å². The number of unbranched alkanes of at least 4 members (excludes halogenated alkanes) is 1. The molecule has 1 N–H and O–H groups in total. The molecule has 1 aliphatic rings. The van der Waals surface area contributed by atoms with Crippen LogP contribution in [0.4, 0.5) is 0 Å². The molecule has 1 aliphatic heterocycles. The number of benzene rings is 1. The van der Waals surface area contributed by atoms with Gasteiger partial charge in [-0.15, -0.1) is 11.8 Å². The van der Waals surface area contributed by atoms with E-state index in [9.17, 15) is 24.0 Å². The molecule has 0 spiro atoms. The first kappa shape index (κ1) is 32.7. The number of carbonyl (C=O) groups excluding carboxylic acids is 5. The number of nitrogens with one attached hydrogen (secondary N) is 1. The number of ether oxygens (including phenoxy) is 2. The smallest absolute Gasteiger partial charge is 0.402 e. The Morgan fingerprint density at radius 3 is 2.30 bits per heavy atom. The van der Waals surface area contributed by atoms with E-state index in [0.29, 0.717) is 23.8 Å². The predicted octanol–water partition coefficient (Wildman–Crippen LogP) is 3.62. The lowest BCUT2D eigenvalue weighted by atomic mass is 10.0. The molecule has 1 saturated heterocycles. The van der Waals surface area contributed by atoms with Gasteiger partial charge >= 0.3 is 17.9 Å². The third-order valence-electron chi connectivity index (χ3n) is 5.77. The Bertz CT molecular complexity index is 1100. The van der Waals surface area contributed by atoms with Crippen molar-refractivity contribution in [1.29, 1.82) is 0 Å². The zero-order valence-electron chi connectivity index (χ0n) is 23.8. The van der Waals surface area contributed by atoms with Crippen molar-refractivity contribution in [2.24, 2.45) is 0 Å².